The highest BCUT2D eigenvalue weighted by Gasteiger charge is 2.23. The number of aromatic nitrogens is 2. The van der Waals surface area contributed by atoms with Gasteiger partial charge < -0.3 is 0 Å². The van der Waals surface area contributed by atoms with Crippen molar-refractivity contribution < 1.29 is 33.4 Å². The van der Waals surface area contributed by atoms with Crippen molar-refractivity contribution in [1.29, 1.82) is 0 Å². The number of benzene rings is 3. The van der Waals surface area contributed by atoms with E-state index in [-0.39, 0.29) is 0 Å². The van der Waals surface area contributed by atoms with Gasteiger partial charge in [-0.1, -0.05) is 72.8 Å². The Morgan fingerprint density at radius 2 is 0.944 bits per heavy atom. The summed E-state index contributed by atoms with van der Waals surface area (Å²) in [6.45, 7) is 0.699. The molecular formula is C29H23ClN2O4. The van der Waals surface area contributed by atoms with E-state index in [0.717, 1.165) is 5.69 Å². The van der Waals surface area contributed by atoms with Gasteiger partial charge in [0.25, 0.3) is 0 Å². The molecule has 2 aromatic heterocycles. The van der Waals surface area contributed by atoms with E-state index < -0.39 is 10.2 Å². The molecule has 0 N–H and O–H groups in total. The van der Waals surface area contributed by atoms with Crippen LogP contribution in [-0.2, 0) is 6.54 Å². The molecule has 0 atom stereocenters. The van der Waals surface area contributed by atoms with Crippen molar-refractivity contribution in [3.05, 3.63) is 133 Å². The zero-order valence-corrected chi connectivity index (χ0v) is 20.0. The van der Waals surface area contributed by atoms with Gasteiger partial charge in [0.2, 0.25) is 11.4 Å². The summed E-state index contributed by atoms with van der Waals surface area (Å²) in [6, 6.07) is 42.5. The summed E-state index contributed by atoms with van der Waals surface area (Å²) in [6.07, 6.45) is 1.86. The Morgan fingerprint density at radius 3 is 1.36 bits per heavy atom. The molecule has 0 radical (unpaired) electrons. The Kier molecular flexibility index (Phi) is 8.17. The maximum absolute atomic E-state index is 8.49. The summed E-state index contributed by atoms with van der Waals surface area (Å²) in [5, 5.41) is 0. The Bertz CT molecular complexity index is 1310. The number of hydrogen-bond donors (Lipinski definition) is 0. The molecule has 2 heterocycles. The fourth-order valence-electron chi connectivity index (χ4n) is 3.94. The van der Waals surface area contributed by atoms with Crippen LogP contribution in [0.4, 0.5) is 0 Å². The molecule has 7 heteroatoms. The summed E-state index contributed by atoms with van der Waals surface area (Å²) in [5.41, 5.74) is 8.17. The van der Waals surface area contributed by atoms with Crippen LogP contribution < -0.4 is 23.2 Å². The van der Waals surface area contributed by atoms with Gasteiger partial charge in [0.05, 0.1) is 0 Å². The van der Waals surface area contributed by atoms with Crippen molar-refractivity contribution in [2.45, 2.75) is 6.54 Å². The van der Waals surface area contributed by atoms with Gasteiger partial charge in [-0.3, -0.25) is 4.98 Å². The van der Waals surface area contributed by atoms with Crippen LogP contribution in [0, 0.1) is 10.2 Å². The number of pyridine rings is 2. The van der Waals surface area contributed by atoms with Crippen LogP contribution in [0.25, 0.3) is 33.6 Å². The highest BCUT2D eigenvalue weighted by molar-refractivity contribution is 5.73. The maximum Gasteiger partial charge on any atom is 0.213 e. The second-order valence-electron chi connectivity index (χ2n) is 7.90. The van der Waals surface area contributed by atoms with Gasteiger partial charge in [0.1, 0.15) is 5.69 Å². The second kappa shape index (κ2) is 11.7. The molecule has 0 unspecified atom stereocenters. The summed E-state index contributed by atoms with van der Waals surface area (Å²) >= 11 is 0. The SMILES string of the molecule is [O-][Cl+3]([O-])([O-])[O-].c1ccc(-c2cc(-c3ccccc3)[n+](Cc3ccccn3)c(-c3ccccc3)c2)cc1. The molecule has 5 rings (SSSR count). The lowest BCUT2D eigenvalue weighted by atomic mass is 9.99. The monoisotopic (exact) mass is 498 g/mol. The van der Waals surface area contributed by atoms with Crippen molar-refractivity contribution >= 4 is 0 Å². The van der Waals surface area contributed by atoms with E-state index in [2.05, 4.69) is 119 Å². The van der Waals surface area contributed by atoms with Crippen LogP contribution in [0.3, 0.4) is 0 Å². The van der Waals surface area contributed by atoms with Crippen LogP contribution in [0.2, 0.25) is 0 Å². The fraction of sp³-hybridized carbons (Fsp3) is 0.0345. The normalized spacial score (nSPS) is 10.9. The van der Waals surface area contributed by atoms with Gasteiger partial charge in [-0.25, -0.2) is 18.6 Å². The first-order valence-electron chi connectivity index (χ1n) is 11.1. The van der Waals surface area contributed by atoms with E-state index in [0.29, 0.717) is 6.54 Å². The van der Waals surface area contributed by atoms with Gasteiger partial charge in [-0.15, -0.1) is 10.2 Å². The first kappa shape index (κ1) is 25.2. The standard InChI is InChI=1S/C29H23N2.ClHO4/c1-4-12-23(13-5-1)26-20-28(24-14-6-2-7-15-24)31(22-27-18-10-11-19-30-27)29(21-26)25-16-8-3-9-17-25;2-1(3,4)5/h1-21H,22H2;(H,2,3,4,5)/q+1;/p-1. The molecule has 0 fully saturated rings. The molecule has 0 bridgehead atoms. The molecular weight excluding hydrogens is 476 g/mol. The summed E-state index contributed by atoms with van der Waals surface area (Å²) in [5.74, 6) is 0. The van der Waals surface area contributed by atoms with Gasteiger partial charge >= 0.3 is 0 Å². The lowest BCUT2D eigenvalue weighted by Crippen LogP contribution is -2.68. The Labute approximate surface area is 211 Å². The minimum Gasteiger partial charge on any atom is -0.255 e. The Morgan fingerprint density at radius 1 is 0.528 bits per heavy atom. The van der Waals surface area contributed by atoms with E-state index >= 15 is 0 Å². The molecule has 0 saturated heterocycles. The first-order valence-corrected chi connectivity index (χ1v) is 12.4. The topological polar surface area (TPSA) is 109 Å². The number of halogens is 1. The summed E-state index contributed by atoms with van der Waals surface area (Å²) in [7, 11) is -4.94. The predicted octanol–water partition coefficient (Wildman–Crippen LogP) is 1.66. The summed E-state index contributed by atoms with van der Waals surface area (Å²) in [4.78, 5) is 4.60. The molecule has 0 spiro atoms. The predicted molar refractivity (Wildman–Crippen MR) is 126 cm³/mol. The smallest absolute Gasteiger partial charge is 0.213 e. The van der Waals surface area contributed by atoms with Gasteiger partial charge in [0.15, 0.2) is 6.54 Å². The van der Waals surface area contributed by atoms with Crippen molar-refractivity contribution in [1.82, 2.24) is 4.98 Å². The highest BCUT2D eigenvalue weighted by atomic mass is 35.7. The van der Waals surface area contributed by atoms with E-state index in [4.69, 9.17) is 18.6 Å². The largest absolute Gasteiger partial charge is 0.255 e. The van der Waals surface area contributed by atoms with Crippen LogP contribution in [0.1, 0.15) is 5.69 Å². The lowest BCUT2D eigenvalue weighted by Gasteiger charge is -2.17. The average molecular weight is 499 g/mol. The summed E-state index contributed by atoms with van der Waals surface area (Å²) < 4.78 is 36.3. The number of hydrogen-bond acceptors (Lipinski definition) is 5. The average Bonchev–Trinajstić information content (AvgIpc) is 2.90. The minimum atomic E-state index is -4.94. The molecule has 0 aliphatic carbocycles. The quantitative estimate of drug-likeness (QED) is 0.342. The van der Waals surface area contributed by atoms with Gasteiger partial charge in [-0.2, -0.15) is 4.57 Å². The molecule has 0 aliphatic heterocycles. The van der Waals surface area contributed by atoms with Crippen molar-refractivity contribution in [2.75, 3.05) is 0 Å². The van der Waals surface area contributed by atoms with E-state index in [1.165, 1.54) is 33.6 Å². The lowest BCUT2D eigenvalue weighted by molar-refractivity contribution is -2.00. The molecule has 180 valence electrons. The molecule has 0 amide bonds. The third-order valence-electron chi connectivity index (χ3n) is 5.46. The third-order valence-corrected chi connectivity index (χ3v) is 5.46. The van der Waals surface area contributed by atoms with E-state index in [1.54, 1.807) is 0 Å². The molecule has 36 heavy (non-hydrogen) atoms. The minimum absolute atomic E-state index is 0.699. The van der Waals surface area contributed by atoms with Crippen LogP contribution >= 0.6 is 0 Å². The Balaban J connectivity index is 0.000000556. The van der Waals surface area contributed by atoms with Crippen LogP contribution in [0.5, 0.6) is 0 Å². The fourth-order valence-corrected chi connectivity index (χ4v) is 3.94. The van der Waals surface area contributed by atoms with Gasteiger partial charge in [-0.05, 0) is 47.5 Å². The molecule has 5 aromatic rings. The molecule has 0 aliphatic rings. The number of rotatable bonds is 5. The second-order valence-corrected chi connectivity index (χ2v) is 8.65. The van der Waals surface area contributed by atoms with E-state index in [9.17, 15) is 0 Å². The first-order chi connectivity index (χ1) is 17.4. The molecule has 3 aromatic carbocycles. The van der Waals surface area contributed by atoms with Crippen LogP contribution in [-0.4, -0.2) is 4.98 Å². The van der Waals surface area contributed by atoms with Crippen molar-refractivity contribution in [2.24, 2.45) is 0 Å². The highest BCUT2D eigenvalue weighted by Crippen LogP contribution is 2.29. The van der Waals surface area contributed by atoms with Gasteiger partial charge in [0, 0.05) is 29.5 Å². The molecule has 0 saturated carbocycles. The van der Waals surface area contributed by atoms with Crippen LogP contribution in [0.15, 0.2) is 128 Å². The molecule has 6 nitrogen and oxygen atoms in total. The van der Waals surface area contributed by atoms with Crippen molar-refractivity contribution in [3.63, 3.8) is 0 Å². The maximum atomic E-state index is 8.49. The zero-order chi connectivity index (χ0) is 25.4. The Hall–Kier alpha value is -3.91. The zero-order valence-electron chi connectivity index (χ0n) is 19.2. The third kappa shape index (κ3) is 7.05. The van der Waals surface area contributed by atoms with Crippen molar-refractivity contribution in [3.8, 4) is 33.6 Å². The van der Waals surface area contributed by atoms with E-state index in [1.807, 2.05) is 18.3 Å². The number of nitrogens with zero attached hydrogens (tertiary/aromatic N) is 2.